The highest BCUT2D eigenvalue weighted by atomic mass is 32.2. The lowest BCUT2D eigenvalue weighted by atomic mass is 10.1. The number of sulfonamides is 1. The van der Waals surface area contributed by atoms with E-state index in [1.54, 1.807) is 24.3 Å². The van der Waals surface area contributed by atoms with Crippen LogP contribution in [0.4, 0.5) is 5.69 Å². The minimum Gasteiger partial charge on any atom is -0.326 e. The Morgan fingerprint density at radius 3 is 2.10 bits per heavy atom. The maximum atomic E-state index is 12.7. The van der Waals surface area contributed by atoms with Gasteiger partial charge in [0.05, 0.1) is 4.90 Å². The summed E-state index contributed by atoms with van der Waals surface area (Å²) < 4.78 is 28.0. The number of nitrogens with one attached hydrogen (secondary N) is 2. The van der Waals surface area contributed by atoms with Crippen LogP contribution in [0.15, 0.2) is 83.8 Å². The van der Waals surface area contributed by atoms with Gasteiger partial charge in [0, 0.05) is 18.2 Å². The van der Waals surface area contributed by atoms with Crippen molar-refractivity contribution in [1.82, 2.24) is 4.72 Å². The smallest absolute Gasteiger partial charge is 0.241 e. The van der Waals surface area contributed by atoms with Crippen molar-refractivity contribution >= 4 is 21.6 Å². The van der Waals surface area contributed by atoms with Crippen LogP contribution in [0, 0.1) is 0 Å². The lowest BCUT2D eigenvalue weighted by Gasteiger charge is -2.15. The molecule has 1 amide bonds. The third-order valence-electron chi connectivity index (χ3n) is 5.15. The van der Waals surface area contributed by atoms with Gasteiger partial charge in [-0.15, -0.1) is 0 Å². The molecule has 0 bridgehead atoms. The molecule has 0 aromatic heterocycles. The number of aryl methyl sites for hydroxylation is 2. The molecule has 2 N–H and O–H groups in total. The molecule has 3 aromatic rings. The molecule has 3 aromatic carbocycles. The van der Waals surface area contributed by atoms with Crippen molar-refractivity contribution in [2.75, 3.05) is 5.32 Å². The number of hydrogen-bond donors (Lipinski definition) is 2. The number of amides is 1. The first-order valence-electron chi connectivity index (χ1n) is 10.4. The minimum absolute atomic E-state index is 0.0701. The number of hydrogen-bond acceptors (Lipinski definition) is 3. The first-order chi connectivity index (χ1) is 14.9. The van der Waals surface area contributed by atoms with E-state index >= 15 is 0 Å². The van der Waals surface area contributed by atoms with Crippen LogP contribution in [0.3, 0.4) is 0 Å². The molecule has 5 nitrogen and oxygen atoms in total. The van der Waals surface area contributed by atoms with E-state index in [0.29, 0.717) is 12.8 Å². The van der Waals surface area contributed by atoms with Crippen LogP contribution in [0.2, 0.25) is 0 Å². The van der Waals surface area contributed by atoms with Crippen LogP contribution in [0.25, 0.3) is 0 Å². The zero-order valence-electron chi connectivity index (χ0n) is 17.8. The van der Waals surface area contributed by atoms with Crippen molar-refractivity contribution in [3.05, 3.63) is 95.6 Å². The minimum atomic E-state index is -3.63. The van der Waals surface area contributed by atoms with Crippen molar-refractivity contribution in [1.29, 1.82) is 0 Å². The summed E-state index contributed by atoms with van der Waals surface area (Å²) in [6.07, 6.45) is 1.82. The molecule has 0 aliphatic rings. The molecule has 0 aliphatic carbocycles. The molecule has 1 atom stereocenters. The molecule has 0 heterocycles. The predicted molar refractivity (Wildman–Crippen MR) is 124 cm³/mol. The van der Waals surface area contributed by atoms with Crippen molar-refractivity contribution in [3.63, 3.8) is 0 Å². The van der Waals surface area contributed by atoms with Crippen molar-refractivity contribution in [2.45, 2.75) is 44.0 Å². The second-order valence-corrected chi connectivity index (χ2v) is 9.21. The largest absolute Gasteiger partial charge is 0.326 e. The third kappa shape index (κ3) is 6.51. The monoisotopic (exact) mass is 436 g/mol. The normalized spacial score (nSPS) is 12.3. The molecule has 3 rings (SSSR count). The molecule has 162 valence electrons. The first-order valence-corrected chi connectivity index (χ1v) is 11.9. The molecular weight excluding hydrogens is 408 g/mol. The molecule has 0 aliphatic heterocycles. The van der Waals surface area contributed by atoms with Gasteiger partial charge in [-0.1, -0.05) is 61.5 Å². The van der Waals surface area contributed by atoms with Crippen LogP contribution in [0.5, 0.6) is 0 Å². The number of carbonyl (C=O) groups excluding carboxylic acids is 1. The second-order valence-electron chi connectivity index (χ2n) is 7.50. The molecular formula is C25H28N2O3S. The highest BCUT2D eigenvalue weighted by molar-refractivity contribution is 7.89. The zero-order valence-corrected chi connectivity index (χ0v) is 18.7. The fourth-order valence-corrected chi connectivity index (χ4v) is 4.48. The fourth-order valence-electron chi connectivity index (χ4n) is 3.25. The van der Waals surface area contributed by atoms with Gasteiger partial charge in [-0.25, -0.2) is 13.1 Å². The van der Waals surface area contributed by atoms with Gasteiger partial charge in [-0.05, 0) is 60.7 Å². The molecule has 0 saturated carbocycles. The summed E-state index contributed by atoms with van der Waals surface area (Å²) in [7, 11) is -3.63. The lowest BCUT2D eigenvalue weighted by molar-refractivity contribution is -0.116. The quantitative estimate of drug-likeness (QED) is 0.503. The molecule has 0 fully saturated rings. The molecule has 31 heavy (non-hydrogen) atoms. The SMILES string of the molecule is CCc1ccc(NC(=O)CCc2ccc(S(=O)(=O)N[C@@H](C)c3ccccc3)cc2)cc1. The maximum Gasteiger partial charge on any atom is 0.241 e. The number of benzene rings is 3. The van der Waals surface area contributed by atoms with E-state index in [1.165, 1.54) is 5.56 Å². The van der Waals surface area contributed by atoms with Gasteiger partial charge in [-0.2, -0.15) is 0 Å². The average molecular weight is 437 g/mol. The Morgan fingerprint density at radius 1 is 0.871 bits per heavy atom. The molecule has 0 spiro atoms. The number of rotatable bonds is 9. The van der Waals surface area contributed by atoms with Gasteiger partial charge in [0.2, 0.25) is 15.9 Å². The standard InChI is InChI=1S/C25H28N2O3S/c1-3-20-9-14-23(15-10-20)26-25(28)18-13-21-11-16-24(17-12-21)31(29,30)27-19(2)22-7-5-4-6-8-22/h4-12,14-17,19,27H,3,13,18H2,1-2H3,(H,26,28)/t19-/m0/s1. The number of carbonyl (C=O) groups is 1. The molecule has 6 heteroatoms. The summed E-state index contributed by atoms with van der Waals surface area (Å²) in [6, 6.07) is 23.6. The van der Waals surface area contributed by atoms with Gasteiger partial charge in [-0.3, -0.25) is 4.79 Å². The van der Waals surface area contributed by atoms with E-state index in [-0.39, 0.29) is 16.8 Å². The lowest BCUT2D eigenvalue weighted by Crippen LogP contribution is -2.26. The predicted octanol–water partition coefficient (Wildman–Crippen LogP) is 4.86. The van der Waals surface area contributed by atoms with E-state index < -0.39 is 10.0 Å². The van der Waals surface area contributed by atoms with Gasteiger partial charge in [0.15, 0.2) is 0 Å². The zero-order chi connectivity index (χ0) is 22.3. The Kier molecular flexibility index (Phi) is 7.60. The number of anilines is 1. The van der Waals surface area contributed by atoms with Crippen molar-refractivity contribution in [2.24, 2.45) is 0 Å². The van der Waals surface area contributed by atoms with E-state index in [4.69, 9.17) is 0 Å². The van der Waals surface area contributed by atoms with Crippen molar-refractivity contribution in [3.8, 4) is 0 Å². The fraction of sp³-hybridized carbons (Fsp3) is 0.240. The summed E-state index contributed by atoms with van der Waals surface area (Å²) in [5, 5.41) is 2.89. The Hall–Kier alpha value is -2.96. The van der Waals surface area contributed by atoms with E-state index in [1.807, 2.05) is 61.5 Å². The molecule has 0 saturated heterocycles. The van der Waals surface area contributed by atoms with Crippen LogP contribution in [-0.2, 0) is 27.7 Å². The van der Waals surface area contributed by atoms with Crippen molar-refractivity contribution < 1.29 is 13.2 Å². The Bertz CT molecular complexity index is 1090. The van der Waals surface area contributed by atoms with Gasteiger partial charge >= 0.3 is 0 Å². The Morgan fingerprint density at radius 2 is 1.48 bits per heavy atom. The molecule has 0 radical (unpaired) electrons. The topological polar surface area (TPSA) is 75.3 Å². The first kappa shape index (κ1) is 22.7. The Labute approximate surface area is 184 Å². The average Bonchev–Trinajstić information content (AvgIpc) is 2.79. The summed E-state index contributed by atoms with van der Waals surface area (Å²) in [5.74, 6) is -0.0701. The van der Waals surface area contributed by atoms with Crippen LogP contribution in [0.1, 0.15) is 43.0 Å². The van der Waals surface area contributed by atoms with Gasteiger partial charge < -0.3 is 5.32 Å². The summed E-state index contributed by atoms with van der Waals surface area (Å²) in [6.45, 7) is 3.90. The van der Waals surface area contributed by atoms with Crippen LogP contribution >= 0.6 is 0 Å². The summed E-state index contributed by atoms with van der Waals surface area (Å²) in [4.78, 5) is 12.4. The third-order valence-corrected chi connectivity index (χ3v) is 6.71. The summed E-state index contributed by atoms with van der Waals surface area (Å²) >= 11 is 0. The van der Waals surface area contributed by atoms with Gasteiger partial charge in [0.25, 0.3) is 0 Å². The maximum absolute atomic E-state index is 12.7. The second kappa shape index (κ2) is 10.4. The molecule has 0 unspecified atom stereocenters. The van der Waals surface area contributed by atoms with E-state index in [0.717, 1.165) is 23.2 Å². The van der Waals surface area contributed by atoms with Crippen LogP contribution in [-0.4, -0.2) is 14.3 Å². The summed E-state index contributed by atoms with van der Waals surface area (Å²) in [5.41, 5.74) is 3.81. The highest BCUT2D eigenvalue weighted by Crippen LogP contribution is 2.18. The highest BCUT2D eigenvalue weighted by Gasteiger charge is 2.18. The van der Waals surface area contributed by atoms with Gasteiger partial charge in [0.1, 0.15) is 0 Å². The Balaban J connectivity index is 1.54. The van der Waals surface area contributed by atoms with E-state index in [2.05, 4.69) is 17.0 Å². The van der Waals surface area contributed by atoms with E-state index in [9.17, 15) is 13.2 Å². The van der Waals surface area contributed by atoms with Crippen LogP contribution < -0.4 is 10.0 Å².